The molecule has 0 aliphatic carbocycles. The lowest BCUT2D eigenvalue weighted by molar-refractivity contribution is -0.182. The van der Waals surface area contributed by atoms with Crippen LogP contribution in [-0.4, -0.2) is 55.7 Å². The van der Waals surface area contributed by atoms with Gasteiger partial charge in [0.25, 0.3) is 0 Å². The molecule has 0 bridgehead atoms. The van der Waals surface area contributed by atoms with E-state index in [1.165, 1.54) is 0 Å². The minimum atomic E-state index is -0.758. The van der Waals surface area contributed by atoms with Gasteiger partial charge in [-0.2, -0.15) is 0 Å². The van der Waals surface area contributed by atoms with Gasteiger partial charge in [-0.1, -0.05) is 39.5 Å². The number of carboxylic acid groups (broad SMARTS) is 1. The topological polar surface area (TPSA) is 94.1 Å². The van der Waals surface area contributed by atoms with Crippen LogP contribution in [0.25, 0.3) is 0 Å². The Bertz CT molecular complexity index is 367. The summed E-state index contributed by atoms with van der Waals surface area (Å²) in [4.78, 5) is 22.9. The molecule has 0 aromatic carbocycles. The second kappa shape index (κ2) is 18.2. The van der Waals surface area contributed by atoms with Gasteiger partial charge in [0.05, 0.1) is 6.61 Å². The predicted molar refractivity (Wildman–Crippen MR) is 105 cm³/mol. The highest BCUT2D eigenvalue weighted by Gasteiger charge is 2.30. The molecule has 0 aliphatic heterocycles. The highest BCUT2D eigenvalue weighted by Crippen LogP contribution is 2.09. The maximum absolute atomic E-state index is 12.4. The monoisotopic (exact) mass is 389 g/mol. The van der Waals surface area contributed by atoms with Gasteiger partial charge in [-0.3, -0.25) is 9.59 Å². The number of hydrogen-bond acceptors (Lipinski definition) is 6. The number of aliphatic carboxylic acids is 1. The van der Waals surface area contributed by atoms with Crippen molar-refractivity contribution < 1.29 is 28.9 Å². The van der Waals surface area contributed by atoms with Crippen molar-refractivity contribution >= 4 is 11.9 Å². The number of carbonyl (C=O) groups is 2. The zero-order valence-electron chi connectivity index (χ0n) is 17.3. The lowest BCUT2D eigenvalue weighted by Crippen LogP contribution is -2.50. The number of carboxylic acids is 1. The van der Waals surface area contributed by atoms with Crippen molar-refractivity contribution in [1.82, 2.24) is 5.32 Å². The molecule has 0 saturated heterocycles. The fourth-order valence-corrected chi connectivity index (χ4v) is 2.46. The summed E-state index contributed by atoms with van der Waals surface area (Å²) in [7, 11) is 0. The molecule has 0 saturated carbocycles. The number of hydrogen-bond donors (Lipinski definition) is 2. The van der Waals surface area contributed by atoms with E-state index in [0.29, 0.717) is 32.8 Å². The Hall–Kier alpha value is -1.18. The van der Waals surface area contributed by atoms with Gasteiger partial charge in [0.15, 0.2) is 12.3 Å². The van der Waals surface area contributed by atoms with Gasteiger partial charge in [0, 0.05) is 19.6 Å². The fourth-order valence-electron chi connectivity index (χ4n) is 2.46. The van der Waals surface area contributed by atoms with E-state index in [4.69, 9.17) is 19.3 Å². The zero-order valence-corrected chi connectivity index (χ0v) is 17.3. The van der Waals surface area contributed by atoms with E-state index < -0.39 is 18.3 Å². The molecule has 1 unspecified atom stereocenters. The number of nitrogens with one attached hydrogen (secondary N) is 1. The lowest BCUT2D eigenvalue weighted by Gasteiger charge is -2.27. The van der Waals surface area contributed by atoms with Crippen LogP contribution in [0.4, 0.5) is 0 Å². The Labute approximate surface area is 164 Å². The molecule has 0 radical (unpaired) electrons. The van der Waals surface area contributed by atoms with Crippen molar-refractivity contribution in [3.05, 3.63) is 0 Å². The molecule has 160 valence electrons. The third-order valence-corrected chi connectivity index (χ3v) is 4.05. The van der Waals surface area contributed by atoms with Gasteiger partial charge < -0.3 is 24.6 Å². The van der Waals surface area contributed by atoms with Crippen LogP contribution in [0, 0.1) is 0 Å². The summed E-state index contributed by atoms with van der Waals surface area (Å²) in [5.74, 6) is -1.12. The van der Waals surface area contributed by atoms with Crippen LogP contribution in [0.15, 0.2) is 0 Å². The molecule has 7 heteroatoms. The van der Waals surface area contributed by atoms with E-state index in [1.807, 2.05) is 0 Å². The SMILES string of the molecule is CCCCOC(OCCCC)C(NCCCCCCC(=O)O)C(=O)OCC. The largest absolute Gasteiger partial charge is 0.481 e. The van der Waals surface area contributed by atoms with Gasteiger partial charge in [-0.05, 0) is 39.2 Å². The van der Waals surface area contributed by atoms with Crippen LogP contribution in [0.1, 0.15) is 78.6 Å². The van der Waals surface area contributed by atoms with Gasteiger partial charge in [0.2, 0.25) is 0 Å². The first-order valence-corrected chi connectivity index (χ1v) is 10.4. The minimum absolute atomic E-state index is 0.206. The van der Waals surface area contributed by atoms with Crippen molar-refractivity contribution in [1.29, 1.82) is 0 Å². The maximum Gasteiger partial charge on any atom is 0.328 e. The van der Waals surface area contributed by atoms with Crippen LogP contribution < -0.4 is 5.32 Å². The minimum Gasteiger partial charge on any atom is -0.481 e. The Balaban J connectivity index is 4.54. The van der Waals surface area contributed by atoms with Crippen molar-refractivity contribution in [2.75, 3.05) is 26.4 Å². The van der Waals surface area contributed by atoms with E-state index in [1.54, 1.807) is 6.92 Å². The molecular formula is C20H39NO6. The number of esters is 1. The van der Waals surface area contributed by atoms with Gasteiger partial charge in [0.1, 0.15) is 0 Å². The maximum atomic E-state index is 12.4. The van der Waals surface area contributed by atoms with Crippen molar-refractivity contribution in [2.45, 2.75) is 90.9 Å². The standard InChI is InChI=1S/C20H39NO6/c1-4-7-15-26-20(27-16-8-5-2)18(19(24)25-6-3)21-14-12-10-9-11-13-17(22)23/h18,20-21H,4-16H2,1-3H3,(H,22,23). The summed E-state index contributed by atoms with van der Waals surface area (Å²) in [6.45, 7) is 7.97. The quantitative estimate of drug-likeness (QED) is 0.198. The molecule has 0 amide bonds. The van der Waals surface area contributed by atoms with Crippen LogP contribution >= 0.6 is 0 Å². The third-order valence-electron chi connectivity index (χ3n) is 4.05. The molecule has 2 N–H and O–H groups in total. The zero-order chi connectivity index (χ0) is 20.3. The summed E-state index contributed by atoms with van der Waals surface area (Å²) < 4.78 is 16.9. The van der Waals surface area contributed by atoms with E-state index in [-0.39, 0.29) is 12.4 Å². The molecule has 7 nitrogen and oxygen atoms in total. The van der Waals surface area contributed by atoms with Crippen LogP contribution in [-0.2, 0) is 23.8 Å². The second-order valence-electron chi connectivity index (χ2n) is 6.56. The molecule has 0 heterocycles. The van der Waals surface area contributed by atoms with Crippen molar-refractivity contribution in [3.8, 4) is 0 Å². The van der Waals surface area contributed by atoms with E-state index in [0.717, 1.165) is 44.9 Å². The van der Waals surface area contributed by atoms with Gasteiger partial charge >= 0.3 is 11.9 Å². The van der Waals surface area contributed by atoms with Crippen LogP contribution in [0.3, 0.4) is 0 Å². The molecule has 27 heavy (non-hydrogen) atoms. The van der Waals surface area contributed by atoms with E-state index in [9.17, 15) is 9.59 Å². The Morgan fingerprint density at radius 1 is 0.889 bits per heavy atom. The van der Waals surface area contributed by atoms with E-state index in [2.05, 4.69) is 19.2 Å². The average molecular weight is 390 g/mol. The van der Waals surface area contributed by atoms with Gasteiger partial charge in [-0.15, -0.1) is 0 Å². The van der Waals surface area contributed by atoms with Crippen LogP contribution in [0.2, 0.25) is 0 Å². The van der Waals surface area contributed by atoms with Crippen molar-refractivity contribution in [2.24, 2.45) is 0 Å². The van der Waals surface area contributed by atoms with Crippen LogP contribution in [0.5, 0.6) is 0 Å². The summed E-state index contributed by atoms with van der Waals surface area (Å²) in [6, 6.07) is -0.655. The molecule has 0 fully saturated rings. The first-order valence-electron chi connectivity index (χ1n) is 10.4. The molecule has 0 rings (SSSR count). The van der Waals surface area contributed by atoms with Gasteiger partial charge in [-0.25, -0.2) is 0 Å². The highest BCUT2D eigenvalue weighted by molar-refractivity contribution is 5.76. The Morgan fingerprint density at radius 2 is 1.48 bits per heavy atom. The number of rotatable bonds is 19. The number of unbranched alkanes of at least 4 members (excludes halogenated alkanes) is 5. The van der Waals surface area contributed by atoms with Crippen molar-refractivity contribution in [3.63, 3.8) is 0 Å². The molecule has 0 aromatic heterocycles. The lowest BCUT2D eigenvalue weighted by atomic mass is 10.1. The van der Waals surface area contributed by atoms with E-state index >= 15 is 0 Å². The average Bonchev–Trinajstić information content (AvgIpc) is 2.63. The smallest absolute Gasteiger partial charge is 0.328 e. The summed E-state index contributed by atoms with van der Waals surface area (Å²) in [5, 5.41) is 11.9. The second-order valence-corrected chi connectivity index (χ2v) is 6.56. The predicted octanol–water partition coefficient (Wildman–Crippen LogP) is 3.50. The molecule has 0 spiro atoms. The Kier molecular flexibility index (Phi) is 17.4. The first-order chi connectivity index (χ1) is 13.1. The summed E-state index contributed by atoms with van der Waals surface area (Å²) >= 11 is 0. The third kappa shape index (κ3) is 14.5. The molecule has 1 atom stereocenters. The first kappa shape index (κ1) is 25.8. The summed E-state index contributed by atoms with van der Waals surface area (Å²) in [5.41, 5.74) is 0. The highest BCUT2D eigenvalue weighted by atomic mass is 16.7. The number of carbonyl (C=O) groups excluding carboxylic acids is 1. The molecule has 0 aliphatic rings. The number of ether oxygens (including phenoxy) is 3. The molecular weight excluding hydrogens is 350 g/mol. The fraction of sp³-hybridized carbons (Fsp3) is 0.900. The Morgan fingerprint density at radius 3 is 2.00 bits per heavy atom. The normalized spacial score (nSPS) is 12.3. The molecule has 0 aromatic rings. The summed E-state index contributed by atoms with van der Waals surface area (Å²) in [6.07, 6.45) is 6.69.